The fraction of sp³-hybridized carbons (Fsp3) is 0.182. The van der Waals surface area contributed by atoms with Crippen molar-refractivity contribution in [1.82, 2.24) is 5.32 Å². The molecule has 0 radical (unpaired) electrons. The molecule has 3 aromatic rings. The van der Waals surface area contributed by atoms with Crippen LogP contribution in [0.1, 0.15) is 11.1 Å². The summed E-state index contributed by atoms with van der Waals surface area (Å²) in [6.07, 6.45) is 0.477. The molecule has 6 heteroatoms. The quantitative estimate of drug-likeness (QED) is 0.572. The number of carboxylic acid groups (broad SMARTS) is 1. The van der Waals surface area contributed by atoms with E-state index in [1.165, 1.54) is 0 Å². The van der Waals surface area contributed by atoms with Gasteiger partial charge < -0.3 is 16.2 Å². The number of aliphatic carboxylic acids is 1. The average molecular weight is 397 g/mol. The summed E-state index contributed by atoms with van der Waals surface area (Å²) in [7, 11) is 0. The van der Waals surface area contributed by atoms with Crippen molar-refractivity contribution in [3.05, 3.63) is 82.9 Å². The highest BCUT2D eigenvalue weighted by atomic mass is 35.5. The maximum Gasteiger partial charge on any atom is 0.326 e. The summed E-state index contributed by atoms with van der Waals surface area (Å²) in [4.78, 5) is 24.0. The van der Waals surface area contributed by atoms with Crippen molar-refractivity contribution in [1.29, 1.82) is 0 Å². The second-order valence-electron chi connectivity index (χ2n) is 6.72. The molecule has 4 N–H and O–H groups in total. The smallest absolute Gasteiger partial charge is 0.326 e. The lowest BCUT2D eigenvalue weighted by molar-refractivity contribution is -0.141. The normalized spacial score (nSPS) is 13.1. The molecule has 144 valence electrons. The van der Waals surface area contributed by atoms with Crippen LogP contribution in [0.2, 0.25) is 5.02 Å². The first-order valence-electron chi connectivity index (χ1n) is 8.93. The molecular weight excluding hydrogens is 376 g/mol. The number of carbonyl (C=O) groups excluding carboxylic acids is 1. The molecule has 0 heterocycles. The van der Waals surface area contributed by atoms with Crippen molar-refractivity contribution in [3.63, 3.8) is 0 Å². The van der Waals surface area contributed by atoms with Gasteiger partial charge in [-0.25, -0.2) is 4.79 Å². The summed E-state index contributed by atoms with van der Waals surface area (Å²) in [6.45, 7) is 0. The average Bonchev–Trinajstić information content (AvgIpc) is 2.68. The van der Waals surface area contributed by atoms with E-state index in [2.05, 4.69) is 5.32 Å². The Morgan fingerprint density at radius 3 is 2.25 bits per heavy atom. The molecular formula is C22H21ClN2O3. The molecule has 0 unspecified atom stereocenters. The minimum atomic E-state index is -1.11. The molecule has 0 saturated heterocycles. The van der Waals surface area contributed by atoms with Crippen LogP contribution in [0.25, 0.3) is 10.8 Å². The van der Waals surface area contributed by atoms with Crippen LogP contribution >= 0.6 is 11.6 Å². The molecule has 2 atom stereocenters. The summed E-state index contributed by atoms with van der Waals surface area (Å²) in [5.41, 5.74) is 7.72. The summed E-state index contributed by atoms with van der Waals surface area (Å²) in [5, 5.41) is 14.7. The van der Waals surface area contributed by atoms with E-state index in [1.54, 1.807) is 24.3 Å². The van der Waals surface area contributed by atoms with Crippen LogP contribution < -0.4 is 11.1 Å². The maximum atomic E-state index is 12.4. The summed E-state index contributed by atoms with van der Waals surface area (Å²) >= 11 is 5.85. The summed E-state index contributed by atoms with van der Waals surface area (Å²) < 4.78 is 0. The van der Waals surface area contributed by atoms with Gasteiger partial charge in [-0.1, -0.05) is 66.2 Å². The highest BCUT2D eigenvalue weighted by Crippen LogP contribution is 2.16. The van der Waals surface area contributed by atoms with Crippen molar-refractivity contribution < 1.29 is 14.7 Å². The lowest BCUT2D eigenvalue weighted by Crippen LogP contribution is -2.50. The van der Waals surface area contributed by atoms with Gasteiger partial charge in [-0.2, -0.15) is 0 Å². The van der Waals surface area contributed by atoms with Gasteiger partial charge in [0.25, 0.3) is 0 Å². The van der Waals surface area contributed by atoms with Gasteiger partial charge in [-0.05, 0) is 40.5 Å². The molecule has 0 aliphatic heterocycles. The Morgan fingerprint density at radius 2 is 1.57 bits per heavy atom. The minimum Gasteiger partial charge on any atom is -0.480 e. The Morgan fingerprint density at radius 1 is 0.929 bits per heavy atom. The molecule has 0 saturated carbocycles. The number of halogens is 1. The van der Waals surface area contributed by atoms with Gasteiger partial charge in [-0.15, -0.1) is 0 Å². The number of nitrogens with one attached hydrogen (secondary N) is 1. The third kappa shape index (κ3) is 5.09. The van der Waals surface area contributed by atoms with E-state index in [-0.39, 0.29) is 6.42 Å². The van der Waals surface area contributed by atoms with Gasteiger partial charge in [0.2, 0.25) is 5.91 Å². The number of rotatable bonds is 7. The molecule has 5 nitrogen and oxygen atoms in total. The van der Waals surface area contributed by atoms with E-state index in [9.17, 15) is 14.7 Å². The summed E-state index contributed by atoms with van der Waals surface area (Å²) in [5.74, 6) is -1.60. The molecule has 0 aliphatic carbocycles. The Labute approximate surface area is 168 Å². The van der Waals surface area contributed by atoms with Crippen LogP contribution in [0.4, 0.5) is 0 Å². The molecule has 0 aliphatic rings. The SMILES string of the molecule is N[C@@H](Cc1ccc2ccccc2c1)C(=O)N[C@H](Cc1ccc(Cl)cc1)C(=O)O. The van der Waals surface area contributed by atoms with Gasteiger partial charge in [0.1, 0.15) is 6.04 Å². The highest BCUT2D eigenvalue weighted by molar-refractivity contribution is 6.30. The van der Waals surface area contributed by atoms with E-state index in [4.69, 9.17) is 17.3 Å². The molecule has 0 aromatic heterocycles. The second-order valence-corrected chi connectivity index (χ2v) is 7.16. The highest BCUT2D eigenvalue weighted by Gasteiger charge is 2.23. The molecule has 3 aromatic carbocycles. The van der Waals surface area contributed by atoms with Crippen molar-refractivity contribution in [2.24, 2.45) is 5.73 Å². The Kier molecular flexibility index (Phi) is 6.29. The van der Waals surface area contributed by atoms with Crippen molar-refractivity contribution in [2.45, 2.75) is 24.9 Å². The zero-order chi connectivity index (χ0) is 20.1. The fourth-order valence-corrected chi connectivity index (χ4v) is 3.17. The number of carboxylic acids is 1. The number of amides is 1. The molecule has 0 bridgehead atoms. The first kappa shape index (κ1) is 19.9. The van der Waals surface area contributed by atoms with E-state index in [1.807, 2.05) is 42.5 Å². The molecule has 0 fully saturated rings. The number of fused-ring (bicyclic) bond motifs is 1. The molecule has 3 rings (SSSR count). The first-order chi connectivity index (χ1) is 13.4. The number of hydrogen-bond donors (Lipinski definition) is 3. The zero-order valence-corrected chi connectivity index (χ0v) is 15.9. The number of hydrogen-bond acceptors (Lipinski definition) is 3. The number of nitrogens with two attached hydrogens (primary N) is 1. The third-order valence-electron chi connectivity index (χ3n) is 4.57. The number of benzene rings is 3. The standard InChI is InChI=1S/C22H21ClN2O3/c23-18-9-6-14(7-10-18)13-20(22(27)28)25-21(26)19(24)12-15-5-8-16-3-1-2-4-17(16)11-15/h1-11,19-20H,12-13,24H2,(H,25,26)(H,27,28)/t19-,20+/m0/s1. The maximum absolute atomic E-state index is 12.4. The van der Waals surface area contributed by atoms with Gasteiger partial charge in [0.05, 0.1) is 6.04 Å². The van der Waals surface area contributed by atoms with Gasteiger partial charge in [0, 0.05) is 11.4 Å². The Bertz CT molecular complexity index is 988. The Balaban J connectivity index is 1.64. The summed E-state index contributed by atoms with van der Waals surface area (Å²) in [6, 6.07) is 18.8. The van der Waals surface area contributed by atoms with Crippen molar-refractivity contribution in [3.8, 4) is 0 Å². The third-order valence-corrected chi connectivity index (χ3v) is 4.83. The van der Waals surface area contributed by atoms with Crippen LogP contribution in [-0.2, 0) is 22.4 Å². The van der Waals surface area contributed by atoms with Gasteiger partial charge in [-0.3, -0.25) is 4.79 Å². The topological polar surface area (TPSA) is 92.4 Å². The van der Waals surface area contributed by atoms with E-state index in [0.29, 0.717) is 11.4 Å². The van der Waals surface area contributed by atoms with Crippen LogP contribution in [0.15, 0.2) is 66.7 Å². The fourth-order valence-electron chi connectivity index (χ4n) is 3.05. The van der Waals surface area contributed by atoms with Gasteiger partial charge >= 0.3 is 5.97 Å². The molecule has 1 amide bonds. The lowest BCUT2D eigenvalue weighted by atomic mass is 10.0. The monoisotopic (exact) mass is 396 g/mol. The van der Waals surface area contributed by atoms with Crippen LogP contribution in [0, 0.1) is 0 Å². The van der Waals surface area contributed by atoms with Gasteiger partial charge in [0.15, 0.2) is 0 Å². The number of carbonyl (C=O) groups is 2. The second kappa shape index (κ2) is 8.87. The molecule has 28 heavy (non-hydrogen) atoms. The molecule has 0 spiro atoms. The lowest BCUT2D eigenvalue weighted by Gasteiger charge is -2.18. The first-order valence-corrected chi connectivity index (χ1v) is 9.31. The van der Waals surface area contributed by atoms with Crippen LogP contribution in [0.5, 0.6) is 0 Å². The predicted octanol–water partition coefficient (Wildman–Crippen LogP) is 3.18. The predicted molar refractivity (Wildman–Crippen MR) is 110 cm³/mol. The minimum absolute atomic E-state index is 0.154. The van der Waals surface area contributed by atoms with Crippen LogP contribution in [-0.4, -0.2) is 29.1 Å². The van der Waals surface area contributed by atoms with E-state index in [0.717, 1.165) is 21.9 Å². The van der Waals surface area contributed by atoms with E-state index >= 15 is 0 Å². The van der Waals surface area contributed by atoms with E-state index < -0.39 is 24.0 Å². The largest absolute Gasteiger partial charge is 0.480 e. The zero-order valence-electron chi connectivity index (χ0n) is 15.1. The Hall–Kier alpha value is -2.89. The van der Waals surface area contributed by atoms with Crippen LogP contribution in [0.3, 0.4) is 0 Å². The van der Waals surface area contributed by atoms with Crippen molar-refractivity contribution in [2.75, 3.05) is 0 Å². The van der Waals surface area contributed by atoms with Crippen molar-refractivity contribution >= 4 is 34.2 Å².